The summed E-state index contributed by atoms with van der Waals surface area (Å²) >= 11 is 0. The highest BCUT2D eigenvalue weighted by Crippen LogP contribution is 2.34. The lowest BCUT2D eigenvalue weighted by Gasteiger charge is -2.25. The number of imidazole rings is 1. The zero-order valence-corrected chi connectivity index (χ0v) is 17.2. The van der Waals surface area contributed by atoms with Crippen LogP contribution in [0.2, 0.25) is 0 Å². The molecule has 1 saturated carbocycles. The third-order valence-electron chi connectivity index (χ3n) is 5.77. The molecule has 0 aliphatic heterocycles. The molecule has 0 spiro atoms. The second-order valence-electron chi connectivity index (χ2n) is 7.99. The molecule has 2 aromatic carbocycles. The third-order valence-corrected chi connectivity index (χ3v) is 5.77. The molecule has 0 atom stereocenters. The van der Waals surface area contributed by atoms with Gasteiger partial charge in [-0.2, -0.15) is 0 Å². The summed E-state index contributed by atoms with van der Waals surface area (Å²) in [4.78, 5) is 17.1. The molecule has 29 heavy (non-hydrogen) atoms. The number of aryl methyl sites for hydroxylation is 1. The van der Waals surface area contributed by atoms with Crippen molar-refractivity contribution in [1.82, 2.24) is 14.9 Å². The van der Waals surface area contributed by atoms with Crippen molar-refractivity contribution < 1.29 is 4.79 Å². The fraction of sp³-hybridized carbons (Fsp3) is 0.417. The number of amides is 1. The van der Waals surface area contributed by atoms with Crippen molar-refractivity contribution in [2.24, 2.45) is 0 Å². The highest BCUT2D eigenvalue weighted by molar-refractivity contribution is 5.94. The summed E-state index contributed by atoms with van der Waals surface area (Å²) in [6, 6.07) is 16.6. The molecule has 1 heterocycles. The number of rotatable bonds is 7. The number of aromatic nitrogens is 2. The van der Waals surface area contributed by atoms with Crippen molar-refractivity contribution in [2.75, 3.05) is 18.4 Å². The summed E-state index contributed by atoms with van der Waals surface area (Å²) < 4.78 is 2.40. The first-order chi connectivity index (χ1) is 14.2. The molecule has 152 valence electrons. The minimum atomic E-state index is -0.0144. The molecule has 4 rings (SSSR count). The largest absolute Gasteiger partial charge is 0.356 e. The smallest absolute Gasteiger partial charge is 0.251 e. The van der Waals surface area contributed by atoms with Crippen molar-refractivity contribution in [2.45, 2.75) is 51.5 Å². The lowest BCUT2D eigenvalue weighted by molar-refractivity contribution is 0.0953. The van der Waals surface area contributed by atoms with E-state index >= 15 is 0 Å². The van der Waals surface area contributed by atoms with Gasteiger partial charge in [0, 0.05) is 24.7 Å². The second kappa shape index (κ2) is 9.12. The lowest BCUT2D eigenvalue weighted by atomic mass is 9.95. The standard InChI is InChI=1S/C24H30N4O/c1-18-12-14-19(15-13-18)23(29)25-16-7-17-26-24-27-21-10-5-6-11-22(21)28(24)20-8-3-2-4-9-20/h5-6,10-15,20H,2-4,7-9,16-17H2,1H3,(H,25,29)(H,26,27). The molecule has 5 heteroatoms. The average Bonchev–Trinajstić information content (AvgIpc) is 3.12. The molecular formula is C24H30N4O. The topological polar surface area (TPSA) is 59.0 Å². The van der Waals surface area contributed by atoms with Gasteiger partial charge in [0.2, 0.25) is 5.95 Å². The Hall–Kier alpha value is -2.82. The second-order valence-corrected chi connectivity index (χ2v) is 7.99. The minimum absolute atomic E-state index is 0.0144. The molecule has 5 nitrogen and oxygen atoms in total. The number of hydrogen-bond acceptors (Lipinski definition) is 3. The lowest BCUT2D eigenvalue weighted by Crippen LogP contribution is -2.26. The molecule has 0 bridgehead atoms. The molecule has 1 amide bonds. The Balaban J connectivity index is 1.34. The van der Waals surface area contributed by atoms with E-state index in [-0.39, 0.29) is 5.91 Å². The highest BCUT2D eigenvalue weighted by atomic mass is 16.1. The van der Waals surface area contributed by atoms with Gasteiger partial charge in [-0.3, -0.25) is 4.79 Å². The van der Waals surface area contributed by atoms with Gasteiger partial charge in [-0.1, -0.05) is 49.1 Å². The Morgan fingerprint density at radius 2 is 1.79 bits per heavy atom. The Labute approximate surface area is 172 Å². The monoisotopic (exact) mass is 390 g/mol. The zero-order chi connectivity index (χ0) is 20.1. The van der Waals surface area contributed by atoms with Gasteiger partial charge in [-0.25, -0.2) is 4.98 Å². The third kappa shape index (κ3) is 4.61. The van der Waals surface area contributed by atoms with Crippen LogP contribution in [0.4, 0.5) is 5.95 Å². The molecule has 3 aromatic rings. The van der Waals surface area contributed by atoms with Crippen LogP contribution in [0.5, 0.6) is 0 Å². The van der Waals surface area contributed by atoms with Crippen molar-refractivity contribution in [3.8, 4) is 0 Å². The molecule has 0 saturated heterocycles. The average molecular weight is 391 g/mol. The summed E-state index contributed by atoms with van der Waals surface area (Å²) in [5, 5.41) is 6.52. The van der Waals surface area contributed by atoms with Crippen molar-refractivity contribution in [1.29, 1.82) is 0 Å². The Bertz CT molecular complexity index is 955. The normalized spacial score (nSPS) is 14.8. The van der Waals surface area contributed by atoms with Gasteiger partial charge in [0.1, 0.15) is 0 Å². The van der Waals surface area contributed by atoms with E-state index in [0.717, 1.165) is 30.0 Å². The van der Waals surface area contributed by atoms with Gasteiger partial charge in [-0.15, -0.1) is 0 Å². The van der Waals surface area contributed by atoms with E-state index in [1.165, 1.54) is 37.6 Å². The first-order valence-corrected chi connectivity index (χ1v) is 10.8. The first kappa shape index (κ1) is 19.5. The zero-order valence-electron chi connectivity index (χ0n) is 17.2. The van der Waals surface area contributed by atoms with Gasteiger partial charge in [0.25, 0.3) is 5.91 Å². The van der Waals surface area contributed by atoms with E-state index in [1.54, 1.807) is 0 Å². The fourth-order valence-electron chi connectivity index (χ4n) is 4.18. The summed E-state index contributed by atoms with van der Waals surface area (Å²) in [5.41, 5.74) is 4.14. The van der Waals surface area contributed by atoms with Crippen LogP contribution in [0.1, 0.15) is 60.5 Å². The van der Waals surface area contributed by atoms with Crippen LogP contribution >= 0.6 is 0 Å². The molecule has 1 aliphatic rings. The fourth-order valence-corrected chi connectivity index (χ4v) is 4.18. The maximum Gasteiger partial charge on any atom is 0.251 e. The van der Waals surface area contributed by atoms with Crippen LogP contribution in [0.25, 0.3) is 11.0 Å². The number of carbonyl (C=O) groups excluding carboxylic acids is 1. The minimum Gasteiger partial charge on any atom is -0.356 e. The van der Waals surface area contributed by atoms with Gasteiger partial charge in [0.15, 0.2) is 0 Å². The van der Waals surface area contributed by atoms with Crippen LogP contribution in [0.15, 0.2) is 48.5 Å². The number of fused-ring (bicyclic) bond motifs is 1. The van der Waals surface area contributed by atoms with E-state index in [2.05, 4.69) is 33.4 Å². The van der Waals surface area contributed by atoms with E-state index in [9.17, 15) is 4.79 Å². The summed E-state index contributed by atoms with van der Waals surface area (Å²) in [6.07, 6.45) is 7.23. The first-order valence-electron chi connectivity index (χ1n) is 10.8. The molecule has 1 aliphatic carbocycles. The van der Waals surface area contributed by atoms with Crippen molar-refractivity contribution >= 4 is 22.9 Å². The van der Waals surface area contributed by atoms with Crippen molar-refractivity contribution in [3.63, 3.8) is 0 Å². The van der Waals surface area contributed by atoms with Crippen LogP contribution in [-0.4, -0.2) is 28.5 Å². The van der Waals surface area contributed by atoms with Gasteiger partial charge >= 0.3 is 0 Å². The Morgan fingerprint density at radius 3 is 2.59 bits per heavy atom. The number of nitrogens with one attached hydrogen (secondary N) is 2. The van der Waals surface area contributed by atoms with E-state index in [0.29, 0.717) is 18.2 Å². The van der Waals surface area contributed by atoms with E-state index in [1.807, 2.05) is 37.3 Å². The van der Waals surface area contributed by atoms with Gasteiger partial charge in [-0.05, 0) is 50.5 Å². The summed E-state index contributed by atoms with van der Waals surface area (Å²) in [6.45, 7) is 3.45. The molecule has 2 N–H and O–H groups in total. The highest BCUT2D eigenvalue weighted by Gasteiger charge is 2.21. The quantitative estimate of drug-likeness (QED) is 0.553. The predicted octanol–water partition coefficient (Wildman–Crippen LogP) is 5.08. The SMILES string of the molecule is Cc1ccc(C(=O)NCCCNc2nc3ccccc3n2C2CCCCC2)cc1. The molecular weight excluding hydrogens is 360 g/mol. The molecule has 1 aromatic heterocycles. The maximum atomic E-state index is 12.2. The number of benzene rings is 2. The molecule has 0 radical (unpaired) electrons. The Morgan fingerprint density at radius 1 is 1.03 bits per heavy atom. The van der Waals surface area contributed by atoms with Gasteiger partial charge < -0.3 is 15.2 Å². The van der Waals surface area contributed by atoms with E-state index < -0.39 is 0 Å². The molecule has 0 unspecified atom stereocenters. The van der Waals surface area contributed by atoms with Crippen LogP contribution < -0.4 is 10.6 Å². The predicted molar refractivity (Wildman–Crippen MR) is 118 cm³/mol. The van der Waals surface area contributed by atoms with Crippen molar-refractivity contribution in [3.05, 3.63) is 59.7 Å². The van der Waals surface area contributed by atoms with Gasteiger partial charge in [0.05, 0.1) is 11.0 Å². The number of anilines is 1. The number of nitrogens with zero attached hydrogens (tertiary/aromatic N) is 2. The molecule has 1 fully saturated rings. The Kier molecular flexibility index (Phi) is 6.13. The van der Waals surface area contributed by atoms with Crippen LogP contribution in [0, 0.1) is 6.92 Å². The summed E-state index contributed by atoms with van der Waals surface area (Å²) in [7, 11) is 0. The number of para-hydroxylation sites is 2. The van der Waals surface area contributed by atoms with Crippen LogP contribution in [-0.2, 0) is 0 Å². The number of carbonyl (C=O) groups is 1. The summed E-state index contributed by atoms with van der Waals surface area (Å²) in [5.74, 6) is 0.947. The van der Waals surface area contributed by atoms with Crippen LogP contribution in [0.3, 0.4) is 0 Å². The maximum absolute atomic E-state index is 12.2. The number of hydrogen-bond donors (Lipinski definition) is 2. The van der Waals surface area contributed by atoms with E-state index in [4.69, 9.17) is 4.98 Å².